The van der Waals surface area contributed by atoms with Crippen LogP contribution in [0.15, 0.2) is 36.7 Å². The number of benzene rings is 1. The van der Waals surface area contributed by atoms with E-state index >= 15 is 0 Å². The van der Waals surface area contributed by atoms with Crippen LogP contribution >= 0.6 is 0 Å². The third-order valence-corrected chi connectivity index (χ3v) is 4.78. The lowest BCUT2D eigenvalue weighted by atomic mass is 10.0. The van der Waals surface area contributed by atoms with Crippen LogP contribution in [-0.2, 0) is 4.74 Å². The van der Waals surface area contributed by atoms with E-state index in [0.29, 0.717) is 26.2 Å². The average Bonchev–Trinajstić information content (AvgIpc) is 3.04. The molecule has 2 fully saturated rings. The van der Waals surface area contributed by atoms with Crippen molar-refractivity contribution >= 4 is 11.6 Å². The Morgan fingerprint density at radius 1 is 1.12 bits per heavy atom. The number of aliphatic hydroxyl groups excluding tert-OH is 1. The molecule has 0 amide bonds. The molecule has 2 saturated heterocycles. The van der Waals surface area contributed by atoms with Gasteiger partial charge in [-0.2, -0.15) is 0 Å². The van der Waals surface area contributed by atoms with E-state index in [1.807, 2.05) is 17.0 Å². The van der Waals surface area contributed by atoms with E-state index in [9.17, 15) is 9.50 Å². The highest BCUT2D eigenvalue weighted by atomic mass is 19.1. The molecule has 6 nitrogen and oxygen atoms in total. The van der Waals surface area contributed by atoms with Crippen molar-refractivity contribution < 1.29 is 14.2 Å². The van der Waals surface area contributed by atoms with Crippen molar-refractivity contribution in [1.82, 2.24) is 9.97 Å². The predicted octanol–water partition coefficient (Wildman–Crippen LogP) is 1.76. The molecule has 1 aromatic heterocycles. The van der Waals surface area contributed by atoms with Gasteiger partial charge in [-0.25, -0.2) is 14.4 Å². The zero-order valence-corrected chi connectivity index (χ0v) is 13.9. The van der Waals surface area contributed by atoms with Gasteiger partial charge in [0.15, 0.2) is 0 Å². The predicted molar refractivity (Wildman–Crippen MR) is 92.2 cm³/mol. The molecule has 0 spiro atoms. The molecule has 2 aliphatic rings. The lowest BCUT2D eigenvalue weighted by Gasteiger charge is -2.30. The molecule has 0 bridgehead atoms. The van der Waals surface area contributed by atoms with Crippen LogP contribution in [0.1, 0.15) is 18.0 Å². The number of nitrogens with zero attached hydrogens (tertiary/aromatic N) is 4. The molecule has 1 N–H and O–H groups in total. The number of aliphatic hydroxyl groups is 1. The van der Waals surface area contributed by atoms with Gasteiger partial charge in [0.05, 0.1) is 25.4 Å². The van der Waals surface area contributed by atoms with Crippen molar-refractivity contribution in [2.75, 3.05) is 42.6 Å². The summed E-state index contributed by atoms with van der Waals surface area (Å²) in [6, 6.07) is 8.39. The van der Waals surface area contributed by atoms with Gasteiger partial charge in [-0.1, -0.05) is 12.1 Å². The number of halogens is 1. The number of morpholine rings is 1. The normalized spacial score (nSPS) is 23.9. The van der Waals surface area contributed by atoms with Crippen LogP contribution in [0.2, 0.25) is 0 Å². The third-order valence-electron chi connectivity index (χ3n) is 4.78. The number of hydrogen-bond donors (Lipinski definition) is 1. The Balaban J connectivity index is 1.63. The summed E-state index contributed by atoms with van der Waals surface area (Å²) in [6.45, 7) is 3.45. The summed E-state index contributed by atoms with van der Waals surface area (Å²) < 4.78 is 19.0. The first-order valence-electron chi connectivity index (χ1n) is 8.55. The van der Waals surface area contributed by atoms with Gasteiger partial charge < -0.3 is 19.6 Å². The second-order valence-electron chi connectivity index (χ2n) is 6.45. The number of hydrogen-bond acceptors (Lipinski definition) is 6. The Kier molecular flexibility index (Phi) is 4.50. The molecule has 0 radical (unpaired) electrons. The van der Waals surface area contributed by atoms with E-state index in [-0.39, 0.29) is 11.9 Å². The molecule has 3 heterocycles. The molecule has 2 aliphatic heterocycles. The maximum absolute atomic E-state index is 13.6. The fourth-order valence-electron chi connectivity index (χ4n) is 3.56. The van der Waals surface area contributed by atoms with Gasteiger partial charge in [-0.3, -0.25) is 0 Å². The SMILES string of the molecule is OC1CC(c2cccc(F)c2)N(c2cc(N3CCOCC3)ncn2)C1. The minimum Gasteiger partial charge on any atom is -0.391 e. The van der Waals surface area contributed by atoms with Crippen LogP contribution in [0.5, 0.6) is 0 Å². The molecule has 0 saturated carbocycles. The Morgan fingerprint density at radius 2 is 1.92 bits per heavy atom. The van der Waals surface area contributed by atoms with Crippen molar-refractivity contribution in [3.05, 3.63) is 48.0 Å². The Hall–Kier alpha value is -2.25. The molecular formula is C18H21FN4O2. The second-order valence-corrected chi connectivity index (χ2v) is 6.45. The van der Waals surface area contributed by atoms with Crippen LogP contribution in [0.25, 0.3) is 0 Å². The van der Waals surface area contributed by atoms with Gasteiger partial charge in [-0.15, -0.1) is 0 Å². The summed E-state index contributed by atoms with van der Waals surface area (Å²) in [7, 11) is 0. The van der Waals surface area contributed by atoms with Crippen molar-refractivity contribution in [2.24, 2.45) is 0 Å². The van der Waals surface area contributed by atoms with Crippen molar-refractivity contribution in [2.45, 2.75) is 18.6 Å². The summed E-state index contributed by atoms with van der Waals surface area (Å²) in [5.41, 5.74) is 0.850. The summed E-state index contributed by atoms with van der Waals surface area (Å²) in [5.74, 6) is 1.34. The van der Waals surface area contributed by atoms with Crippen molar-refractivity contribution in [3.63, 3.8) is 0 Å². The van der Waals surface area contributed by atoms with E-state index in [1.54, 1.807) is 12.4 Å². The standard InChI is InChI=1S/C18H21FN4O2/c19-14-3-1-2-13(8-14)16-9-15(24)11-23(16)18-10-17(20-12-21-18)22-4-6-25-7-5-22/h1-3,8,10,12,15-16,24H,4-7,9,11H2. The van der Waals surface area contributed by atoms with E-state index in [2.05, 4.69) is 14.9 Å². The average molecular weight is 344 g/mol. The molecule has 25 heavy (non-hydrogen) atoms. The summed E-state index contributed by atoms with van der Waals surface area (Å²) >= 11 is 0. The third kappa shape index (κ3) is 3.43. The molecular weight excluding hydrogens is 323 g/mol. The number of ether oxygens (including phenoxy) is 1. The summed E-state index contributed by atoms with van der Waals surface area (Å²) in [6.07, 6.45) is 1.64. The molecule has 4 rings (SSSR count). The topological polar surface area (TPSA) is 61.7 Å². The fourth-order valence-corrected chi connectivity index (χ4v) is 3.56. The molecule has 0 aliphatic carbocycles. The van der Waals surface area contributed by atoms with Gasteiger partial charge in [0.1, 0.15) is 23.8 Å². The molecule has 132 valence electrons. The quantitative estimate of drug-likeness (QED) is 0.916. The zero-order valence-electron chi connectivity index (χ0n) is 13.9. The molecule has 2 unspecified atom stereocenters. The van der Waals surface area contributed by atoms with Gasteiger partial charge in [0.25, 0.3) is 0 Å². The first kappa shape index (κ1) is 16.2. The van der Waals surface area contributed by atoms with Crippen LogP contribution in [0.3, 0.4) is 0 Å². The zero-order chi connectivity index (χ0) is 17.2. The van der Waals surface area contributed by atoms with Crippen molar-refractivity contribution in [1.29, 1.82) is 0 Å². The minimum atomic E-state index is -0.463. The van der Waals surface area contributed by atoms with E-state index in [4.69, 9.17) is 4.74 Å². The van der Waals surface area contributed by atoms with Crippen LogP contribution < -0.4 is 9.80 Å². The largest absolute Gasteiger partial charge is 0.391 e. The molecule has 1 aromatic carbocycles. The number of anilines is 2. The number of β-amino-alcohol motifs (C(OH)–C–C–N with tert-alkyl or cyclic N) is 1. The highest BCUT2D eigenvalue weighted by Gasteiger charge is 2.33. The Labute approximate surface area is 145 Å². The maximum atomic E-state index is 13.6. The smallest absolute Gasteiger partial charge is 0.134 e. The van der Waals surface area contributed by atoms with Gasteiger partial charge in [0.2, 0.25) is 0 Å². The Bertz CT molecular complexity index is 739. The van der Waals surface area contributed by atoms with E-state index in [1.165, 1.54) is 12.1 Å². The van der Waals surface area contributed by atoms with Crippen LogP contribution in [-0.4, -0.2) is 54.0 Å². The molecule has 7 heteroatoms. The second kappa shape index (κ2) is 6.93. The molecule has 2 aromatic rings. The maximum Gasteiger partial charge on any atom is 0.134 e. The molecule has 2 atom stereocenters. The monoisotopic (exact) mass is 344 g/mol. The Morgan fingerprint density at radius 3 is 2.72 bits per heavy atom. The lowest BCUT2D eigenvalue weighted by Crippen LogP contribution is -2.37. The first-order chi connectivity index (χ1) is 12.2. The van der Waals surface area contributed by atoms with Gasteiger partial charge >= 0.3 is 0 Å². The van der Waals surface area contributed by atoms with Gasteiger partial charge in [-0.05, 0) is 24.1 Å². The number of rotatable bonds is 3. The summed E-state index contributed by atoms with van der Waals surface area (Å²) in [4.78, 5) is 13.0. The van der Waals surface area contributed by atoms with Crippen molar-refractivity contribution in [3.8, 4) is 0 Å². The highest BCUT2D eigenvalue weighted by Crippen LogP contribution is 2.36. The van der Waals surface area contributed by atoms with Crippen LogP contribution in [0.4, 0.5) is 16.0 Å². The highest BCUT2D eigenvalue weighted by molar-refractivity contribution is 5.53. The van der Waals surface area contributed by atoms with Gasteiger partial charge in [0, 0.05) is 25.7 Å². The van der Waals surface area contributed by atoms with E-state index < -0.39 is 6.10 Å². The number of aromatic nitrogens is 2. The minimum absolute atomic E-state index is 0.0989. The first-order valence-corrected chi connectivity index (χ1v) is 8.55. The fraction of sp³-hybridized carbons (Fsp3) is 0.444. The van der Waals surface area contributed by atoms with E-state index in [0.717, 1.165) is 30.3 Å². The summed E-state index contributed by atoms with van der Waals surface area (Å²) in [5, 5.41) is 10.2. The van der Waals surface area contributed by atoms with Crippen LogP contribution in [0, 0.1) is 5.82 Å². The lowest BCUT2D eigenvalue weighted by molar-refractivity contribution is 0.122.